The Balaban J connectivity index is 2.40. The van der Waals surface area contributed by atoms with Crippen molar-refractivity contribution in [2.45, 2.75) is 25.3 Å². The highest BCUT2D eigenvalue weighted by Crippen LogP contribution is 2.28. The van der Waals surface area contributed by atoms with Crippen molar-refractivity contribution in [3.05, 3.63) is 23.8 Å². The van der Waals surface area contributed by atoms with Gasteiger partial charge in [-0.05, 0) is 37.5 Å². The van der Waals surface area contributed by atoms with Gasteiger partial charge < -0.3 is 16.4 Å². The van der Waals surface area contributed by atoms with E-state index in [0.717, 1.165) is 31.5 Å². The van der Waals surface area contributed by atoms with Crippen LogP contribution in [0.3, 0.4) is 0 Å². The first kappa shape index (κ1) is 12.2. The minimum Gasteiger partial charge on any atom is -0.399 e. The summed E-state index contributed by atoms with van der Waals surface area (Å²) < 4.78 is 0. The number of nitrogen functional groups attached to an aromatic ring is 1. The molecule has 1 aromatic carbocycles. The van der Waals surface area contributed by atoms with Crippen LogP contribution in [0.25, 0.3) is 0 Å². The van der Waals surface area contributed by atoms with Gasteiger partial charge in [0.05, 0.1) is 11.3 Å². The number of rotatable bonds is 2. The van der Waals surface area contributed by atoms with Crippen LogP contribution in [0.15, 0.2) is 18.2 Å². The normalized spacial score (nSPS) is 19.3. The van der Waals surface area contributed by atoms with Crippen LogP contribution in [-0.2, 0) is 4.79 Å². The number of primary amides is 1. The van der Waals surface area contributed by atoms with Crippen molar-refractivity contribution in [3.8, 4) is 6.07 Å². The highest BCUT2D eigenvalue weighted by Gasteiger charge is 2.28. The summed E-state index contributed by atoms with van der Waals surface area (Å²) in [6.07, 6.45) is 2.73. The summed E-state index contributed by atoms with van der Waals surface area (Å²) >= 11 is 0. The molecule has 0 spiro atoms. The van der Waals surface area contributed by atoms with Crippen molar-refractivity contribution >= 4 is 17.3 Å². The van der Waals surface area contributed by atoms with E-state index in [2.05, 4.69) is 6.07 Å². The Morgan fingerprint density at radius 2 is 2.22 bits per heavy atom. The van der Waals surface area contributed by atoms with E-state index in [-0.39, 0.29) is 11.9 Å². The summed E-state index contributed by atoms with van der Waals surface area (Å²) in [5, 5.41) is 9.15. The maximum Gasteiger partial charge on any atom is 0.240 e. The Morgan fingerprint density at radius 1 is 1.44 bits per heavy atom. The lowest BCUT2D eigenvalue weighted by molar-refractivity contribution is -0.119. The van der Waals surface area contributed by atoms with Gasteiger partial charge in [-0.1, -0.05) is 0 Å². The molecule has 1 aromatic rings. The zero-order valence-electron chi connectivity index (χ0n) is 10.1. The van der Waals surface area contributed by atoms with E-state index in [1.807, 2.05) is 4.90 Å². The third-order valence-electron chi connectivity index (χ3n) is 3.28. The predicted octanol–water partition coefficient (Wildman–Crippen LogP) is 0.985. The summed E-state index contributed by atoms with van der Waals surface area (Å²) in [7, 11) is 0. The summed E-state index contributed by atoms with van der Waals surface area (Å²) in [5.41, 5.74) is 12.9. The number of nitrogens with two attached hydrogens (primary N) is 2. The number of amides is 1. The van der Waals surface area contributed by atoms with Gasteiger partial charge in [0.25, 0.3) is 0 Å². The van der Waals surface area contributed by atoms with Gasteiger partial charge in [-0.3, -0.25) is 4.79 Å². The minimum atomic E-state index is -0.338. The van der Waals surface area contributed by atoms with Crippen LogP contribution in [0.5, 0.6) is 0 Å². The Bertz CT molecular complexity index is 506. The van der Waals surface area contributed by atoms with Gasteiger partial charge in [-0.2, -0.15) is 5.26 Å². The first-order valence-corrected chi connectivity index (χ1v) is 5.99. The number of nitriles is 1. The van der Waals surface area contributed by atoms with Gasteiger partial charge in [0.1, 0.15) is 12.1 Å². The molecule has 0 saturated carbocycles. The number of nitrogens with zero attached hydrogens (tertiary/aromatic N) is 2. The summed E-state index contributed by atoms with van der Waals surface area (Å²) in [6, 6.07) is 6.95. The molecule has 94 valence electrons. The molecule has 2 rings (SSSR count). The number of benzene rings is 1. The SMILES string of the molecule is N#Cc1cc(N)ccc1N1CCCCC1C(N)=O. The first-order chi connectivity index (χ1) is 8.63. The Kier molecular flexibility index (Phi) is 3.38. The van der Waals surface area contributed by atoms with Crippen LogP contribution in [-0.4, -0.2) is 18.5 Å². The molecule has 1 aliphatic heterocycles. The van der Waals surface area contributed by atoms with Gasteiger partial charge in [0.2, 0.25) is 5.91 Å². The Hall–Kier alpha value is -2.22. The molecule has 1 fully saturated rings. The highest BCUT2D eigenvalue weighted by atomic mass is 16.1. The predicted molar refractivity (Wildman–Crippen MR) is 69.7 cm³/mol. The molecule has 1 heterocycles. The van der Waals surface area contributed by atoms with Crippen LogP contribution < -0.4 is 16.4 Å². The van der Waals surface area contributed by atoms with Gasteiger partial charge in [-0.25, -0.2) is 0 Å². The first-order valence-electron chi connectivity index (χ1n) is 5.99. The molecule has 1 unspecified atom stereocenters. The fraction of sp³-hybridized carbons (Fsp3) is 0.385. The number of hydrogen-bond donors (Lipinski definition) is 2. The van der Waals surface area contributed by atoms with Crippen LogP contribution in [0, 0.1) is 11.3 Å². The van der Waals surface area contributed by atoms with E-state index in [9.17, 15) is 4.79 Å². The standard InChI is InChI=1S/C13H16N4O/c14-8-9-7-10(15)4-5-11(9)17-6-2-1-3-12(17)13(16)18/h4-5,7,12H,1-3,6,15H2,(H2,16,18). The lowest BCUT2D eigenvalue weighted by Gasteiger charge is -2.36. The van der Waals surface area contributed by atoms with Crippen molar-refractivity contribution < 1.29 is 4.79 Å². The molecule has 0 aliphatic carbocycles. The van der Waals surface area contributed by atoms with Crippen LogP contribution in [0.4, 0.5) is 11.4 Å². The second kappa shape index (κ2) is 4.96. The molecule has 0 bridgehead atoms. The molecule has 4 N–H and O–H groups in total. The maximum absolute atomic E-state index is 11.5. The van der Waals surface area contributed by atoms with Crippen LogP contribution >= 0.6 is 0 Å². The number of anilines is 2. The van der Waals surface area contributed by atoms with E-state index in [0.29, 0.717) is 11.3 Å². The Labute approximate surface area is 106 Å². The number of piperidine rings is 1. The largest absolute Gasteiger partial charge is 0.399 e. The molecular formula is C13H16N4O. The smallest absolute Gasteiger partial charge is 0.240 e. The average molecular weight is 244 g/mol. The van der Waals surface area contributed by atoms with Gasteiger partial charge in [-0.15, -0.1) is 0 Å². The van der Waals surface area contributed by atoms with E-state index in [1.54, 1.807) is 18.2 Å². The highest BCUT2D eigenvalue weighted by molar-refractivity contribution is 5.84. The van der Waals surface area contributed by atoms with Crippen molar-refractivity contribution in [2.75, 3.05) is 17.2 Å². The van der Waals surface area contributed by atoms with E-state index >= 15 is 0 Å². The molecule has 0 aromatic heterocycles. The quantitative estimate of drug-likeness (QED) is 0.758. The molecule has 5 nitrogen and oxygen atoms in total. The molecule has 1 aliphatic rings. The molecule has 1 atom stereocenters. The summed E-state index contributed by atoms with van der Waals surface area (Å²) in [4.78, 5) is 13.4. The molecule has 1 amide bonds. The Morgan fingerprint density at radius 3 is 2.89 bits per heavy atom. The van der Waals surface area contributed by atoms with E-state index < -0.39 is 0 Å². The number of carbonyl (C=O) groups excluding carboxylic acids is 1. The molecule has 1 saturated heterocycles. The molecule has 5 heteroatoms. The third kappa shape index (κ3) is 2.23. The van der Waals surface area contributed by atoms with Crippen molar-refractivity contribution in [1.29, 1.82) is 5.26 Å². The zero-order chi connectivity index (χ0) is 13.1. The van der Waals surface area contributed by atoms with Crippen molar-refractivity contribution in [1.82, 2.24) is 0 Å². The number of hydrogen-bond acceptors (Lipinski definition) is 4. The van der Waals surface area contributed by atoms with E-state index in [4.69, 9.17) is 16.7 Å². The zero-order valence-corrected chi connectivity index (χ0v) is 10.1. The monoisotopic (exact) mass is 244 g/mol. The minimum absolute atomic E-state index is 0.325. The third-order valence-corrected chi connectivity index (χ3v) is 3.28. The summed E-state index contributed by atoms with van der Waals surface area (Å²) in [6.45, 7) is 0.742. The fourth-order valence-corrected chi connectivity index (χ4v) is 2.41. The number of carbonyl (C=O) groups is 1. The molecule has 0 radical (unpaired) electrons. The van der Waals surface area contributed by atoms with Gasteiger partial charge in [0, 0.05) is 12.2 Å². The molecule has 18 heavy (non-hydrogen) atoms. The van der Waals surface area contributed by atoms with Crippen molar-refractivity contribution in [2.24, 2.45) is 5.73 Å². The van der Waals surface area contributed by atoms with Gasteiger partial charge in [0.15, 0.2) is 0 Å². The summed E-state index contributed by atoms with van der Waals surface area (Å²) in [5.74, 6) is -0.338. The van der Waals surface area contributed by atoms with Crippen molar-refractivity contribution in [3.63, 3.8) is 0 Å². The lowest BCUT2D eigenvalue weighted by Crippen LogP contribution is -2.48. The van der Waals surface area contributed by atoms with Gasteiger partial charge >= 0.3 is 0 Å². The van der Waals surface area contributed by atoms with Crippen LogP contribution in [0.1, 0.15) is 24.8 Å². The van der Waals surface area contributed by atoms with Crippen LogP contribution in [0.2, 0.25) is 0 Å². The second-order valence-electron chi connectivity index (χ2n) is 4.50. The second-order valence-corrected chi connectivity index (χ2v) is 4.50. The molecular weight excluding hydrogens is 228 g/mol. The topological polar surface area (TPSA) is 96.1 Å². The average Bonchev–Trinajstić information content (AvgIpc) is 2.38. The lowest BCUT2D eigenvalue weighted by atomic mass is 9.99. The maximum atomic E-state index is 11.5. The fourth-order valence-electron chi connectivity index (χ4n) is 2.41. The van der Waals surface area contributed by atoms with E-state index in [1.165, 1.54) is 0 Å².